The number of halogens is 6. The monoisotopic (exact) mass is 589 g/mol. The molecule has 1 saturated carbocycles. The summed E-state index contributed by atoms with van der Waals surface area (Å²) in [6.07, 6.45) is -8.88. The van der Waals surface area contributed by atoms with E-state index in [4.69, 9.17) is 9.72 Å². The molecule has 2 atom stereocenters. The Bertz CT molecular complexity index is 1500. The molecule has 0 unspecified atom stereocenters. The van der Waals surface area contributed by atoms with Crippen LogP contribution >= 0.6 is 0 Å². The molecule has 3 heterocycles. The molecule has 0 radical (unpaired) electrons. The number of carbonyl (C=O) groups excluding carboxylic acids is 1. The summed E-state index contributed by atoms with van der Waals surface area (Å²) in [4.78, 5) is 21.4. The summed E-state index contributed by atoms with van der Waals surface area (Å²) in [6.45, 7) is 5.23. The molecular formula is C31H29F6N3O2. The highest BCUT2D eigenvalue weighted by atomic mass is 19.4. The summed E-state index contributed by atoms with van der Waals surface area (Å²) in [5.74, 6) is 1.27. The second kappa shape index (κ2) is 10.2. The molecule has 2 saturated heterocycles. The maximum absolute atomic E-state index is 13.5. The number of hydrogen-bond acceptors (Lipinski definition) is 4. The lowest BCUT2D eigenvalue weighted by Gasteiger charge is -2.33. The smallest absolute Gasteiger partial charge is 0.416 e. The van der Waals surface area contributed by atoms with Crippen molar-refractivity contribution in [1.82, 2.24) is 9.88 Å². The van der Waals surface area contributed by atoms with Crippen LogP contribution in [0.4, 0.5) is 37.0 Å². The van der Waals surface area contributed by atoms with Crippen LogP contribution in [0, 0.1) is 6.92 Å². The molecular weight excluding hydrogens is 560 g/mol. The summed E-state index contributed by atoms with van der Waals surface area (Å²) in [5.41, 5.74) is 1.36. The fourth-order valence-electron chi connectivity index (χ4n) is 5.64. The number of aromatic nitrogens is 1. The van der Waals surface area contributed by atoms with Gasteiger partial charge in [-0.05, 0) is 91.6 Å². The normalized spacial score (nSPS) is 21.0. The third-order valence-electron chi connectivity index (χ3n) is 8.39. The molecule has 3 aromatic rings. The van der Waals surface area contributed by atoms with Crippen molar-refractivity contribution in [3.05, 3.63) is 82.0 Å². The number of hydrogen-bond donors (Lipinski definition) is 0. The van der Waals surface area contributed by atoms with Crippen LogP contribution in [0.5, 0.6) is 0 Å². The van der Waals surface area contributed by atoms with E-state index in [2.05, 4.69) is 23.1 Å². The van der Waals surface area contributed by atoms with Crippen LogP contribution in [0.25, 0.3) is 11.1 Å². The SMILES string of the molecule is Cc1ccc(C2CC2)cc1-c1ccc(N2CCC2)nc1CN1C(=O)O[C@H](c2cc(C(F)(F)F)cc(C(F)(F)F)c2)[C@@H]1C. The van der Waals surface area contributed by atoms with Gasteiger partial charge >= 0.3 is 18.4 Å². The van der Waals surface area contributed by atoms with Crippen LogP contribution in [-0.4, -0.2) is 35.1 Å². The summed E-state index contributed by atoms with van der Waals surface area (Å²) >= 11 is 0. The van der Waals surface area contributed by atoms with Gasteiger partial charge in [0.05, 0.1) is 29.4 Å². The molecule has 1 aliphatic carbocycles. The number of ether oxygens (including phenoxy) is 1. The van der Waals surface area contributed by atoms with Crippen molar-refractivity contribution < 1.29 is 35.9 Å². The standard InChI is InChI=1S/C31H29F6N3O2/c1-17-4-5-20(19-6-7-19)14-25(17)24-8-9-27(39-10-3-11-39)38-26(24)16-40-18(2)28(42-29(40)41)21-12-22(30(32,33)34)15-23(13-21)31(35,36)37/h4-5,8-9,12-15,18-19,28H,3,6-7,10-11,16H2,1-2H3/t18-,28-/m0/s1. The van der Waals surface area contributed by atoms with Crippen molar-refractivity contribution in [2.24, 2.45) is 0 Å². The van der Waals surface area contributed by atoms with E-state index in [1.54, 1.807) is 6.92 Å². The molecule has 2 aliphatic heterocycles. The molecule has 2 aromatic carbocycles. The average Bonchev–Trinajstić information content (AvgIpc) is 3.70. The van der Waals surface area contributed by atoms with Gasteiger partial charge in [-0.1, -0.05) is 18.2 Å². The molecule has 3 aliphatic rings. The largest absolute Gasteiger partial charge is 0.439 e. The minimum absolute atomic E-state index is 0.0221. The lowest BCUT2D eigenvalue weighted by atomic mass is 9.94. The van der Waals surface area contributed by atoms with Gasteiger partial charge in [0.15, 0.2) is 0 Å². The van der Waals surface area contributed by atoms with Gasteiger partial charge in [0.1, 0.15) is 11.9 Å². The molecule has 3 fully saturated rings. The Kier molecular flexibility index (Phi) is 6.89. The molecule has 0 N–H and O–H groups in total. The Hall–Kier alpha value is -3.76. The quantitative estimate of drug-likeness (QED) is 0.272. The zero-order valence-corrected chi connectivity index (χ0v) is 23.0. The van der Waals surface area contributed by atoms with Crippen molar-refractivity contribution >= 4 is 11.9 Å². The van der Waals surface area contributed by atoms with Crippen molar-refractivity contribution in [3.8, 4) is 11.1 Å². The molecule has 222 valence electrons. The molecule has 0 bridgehead atoms. The highest BCUT2D eigenvalue weighted by Crippen LogP contribution is 2.44. The first kappa shape index (κ1) is 28.4. The number of aryl methyl sites for hydroxylation is 1. The highest BCUT2D eigenvalue weighted by molar-refractivity contribution is 5.74. The first-order valence-electron chi connectivity index (χ1n) is 13.9. The van der Waals surface area contributed by atoms with Gasteiger partial charge in [-0.15, -0.1) is 0 Å². The van der Waals surface area contributed by atoms with E-state index in [1.807, 2.05) is 19.1 Å². The Morgan fingerprint density at radius 2 is 1.55 bits per heavy atom. The number of pyridine rings is 1. The topological polar surface area (TPSA) is 45.7 Å². The number of carbonyl (C=O) groups is 1. The van der Waals surface area contributed by atoms with Crippen LogP contribution in [0.3, 0.4) is 0 Å². The van der Waals surface area contributed by atoms with Gasteiger partial charge in [0, 0.05) is 18.7 Å². The number of benzene rings is 2. The number of rotatable bonds is 6. The van der Waals surface area contributed by atoms with Crippen LogP contribution in [0.2, 0.25) is 0 Å². The fourth-order valence-corrected chi connectivity index (χ4v) is 5.64. The average molecular weight is 590 g/mol. The Labute approximate surface area is 239 Å². The first-order chi connectivity index (χ1) is 19.8. The molecule has 42 heavy (non-hydrogen) atoms. The van der Waals surface area contributed by atoms with E-state index in [9.17, 15) is 31.1 Å². The van der Waals surface area contributed by atoms with Crippen molar-refractivity contribution in [2.45, 2.75) is 70.1 Å². The predicted octanol–water partition coefficient (Wildman–Crippen LogP) is 8.26. The van der Waals surface area contributed by atoms with Crippen LogP contribution in [0.15, 0.2) is 48.5 Å². The molecule has 1 amide bonds. The van der Waals surface area contributed by atoms with Crippen molar-refractivity contribution in [3.63, 3.8) is 0 Å². The molecule has 1 aromatic heterocycles. The van der Waals surface area contributed by atoms with Gasteiger partial charge in [0.2, 0.25) is 0 Å². The molecule has 6 rings (SSSR count). The number of anilines is 1. The summed E-state index contributed by atoms with van der Waals surface area (Å²) < 4.78 is 86.6. The third kappa shape index (κ3) is 5.41. The van der Waals surface area contributed by atoms with Gasteiger partial charge in [-0.2, -0.15) is 26.3 Å². The lowest BCUT2D eigenvalue weighted by molar-refractivity contribution is -0.143. The Morgan fingerprint density at radius 3 is 2.12 bits per heavy atom. The second-order valence-electron chi connectivity index (χ2n) is 11.4. The van der Waals surface area contributed by atoms with Crippen LogP contribution < -0.4 is 4.90 Å². The zero-order chi connectivity index (χ0) is 30.0. The fraction of sp³-hybridized carbons (Fsp3) is 0.419. The zero-order valence-electron chi connectivity index (χ0n) is 23.0. The van der Waals surface area contributed by atoms with E-state index in [1.165, 1.54) is 10.5 Å². The van der Waals surface area contributed by atoms with Gasteiger partial charge < -0.3 is 9.64 Å². The van der Waals surface area contributed by atoms with E-state index in [0.29, 0.717) is 23.7 Å². The van der Waals surface area contributed by atoms with Crippen LogP contribution in [-0.2, 0) is 23.6 Å². The summed E-state index contributed by atoms with van der Waals surface area (Å²) in [7, 11) is 0. The van der Waals surface area contributed by atoms with E-state index >= 15 is 0 Å². The maximum Gasteiger partial charge on any atom is 0.416 e. The summed E-state index contributed by atoms with van der Waals surface area (Å²) in [6, 6.07) is 10.7. The van der Waals surface area contributed by atoms with Crippen molar-refractivity contribution in [2.75, 3.05) is 18.0 Å². The number of alkyl halides is 6. The number of cyclic esters (lactones) is 1. The Balaban J connectivity index is 1.36. The minimum atomic E-state index is -5.01. The Morgan fingerprint density at radius 1 is 0.881 bits per heavy atom. The lowest BCUT2D eigenvalue weighted by Crippen LogP contribution is -2.38. The second-order valence-corrected chi connectivity index (χ2v) is 11.4. The third-order valence-corrected chi connectivity index (χ3v) is 8.39. The maximum atomic E-state index is 13.5. The number of amides is 1. The molecule has 0 spiro atoms. The predicted molar refractivity (Wildman–Crippen MR) is 144 cm³/mol. The summed E-state index contributed by atoms with van der Waals surface area (Å²) in [5, 5.41) is 0. The van der Waals surface area contributed by atoms with Crippen LogP contribution in [0.1, 0.15) is 71.7 Å². The molecule has 11 heteroatoms. The van der Waals surface area contributed by atoms with E-state index in [-0.39, 0.29) is 18.2 Å². The number of nitrogens with zero attached hydrogens (tertiary/aromatic N) is 3. The van der Waals surface area contributed by atoms with Gasteiger partial charge in [0.25, 0.3) is 0 Å². The van der Waals surface area contributed by atoms with E-state index in [0.717, 1.165) is 54.9 Å². The van der Waals surface area contributed by atoms with Gasteiger partial charge in [-0.3, -0.25) is 4.90 Å². The van der Waals surface area contributed by atoms with Crippen molar-refractivity contribution in [1.29, 1.82) is 0 Å². The highest BCUT2D eigenvalue weighted by Gasteiger charge is 2.43. The first-order valence-corrected chi connectivity index (χ1v) is 13.9. The van der Waals surface area contributed by atoms with Gasteiger partial charge in [-0.25, -0.2) is 9.78 Å². The minimum Gasteiger partial charge on any atom is -0.439 e. The molecule has 5 nitrogen and oxygen atoms in total. The van der Waals surface area contributed by atoms with E-state index < -0.39 is 41.7 Å².